The van der Waals surface area contributed by atoms with Crippen molar-refractivity contribution in [2.24, 2.45) is 0 Å². The molecular formula is C17H14N6O2S. The lowest BCUT2D eigenvalue weighted by Gasteiger charge is -2.09. The van der Waals surface area contributed by atoms with Crippen molar-refractivity contribution in [2.75, 3.05) is 5.32 Å². The molecule has 0 aliphatic rings. The van der Waals surface area contributed by atoms with E-state index in [2.05, 4.69) is 20.4 Å². The highest BCUT2D eigenvalue weighted by Gasteiger charge is 2.11. The second-order valence-electron chi connectivity index (χ2n) is 5.57. The number of rotatable bonds is 5. The Morgan fingerprint density at radius 1 is 1.23 bits per heavy atom. The van der Waals surface area contributed by atoms with Crippen LogP contribution in [0.4, 0.5) is 5.82 Å². The molecular weight excluding hydrogens is 352 g/mol. The van der Waals surface area contributed by atoms with Crippen LogP contribution < -0.4 is 10.9 Å². The number of hydrogen-bond acceptors (Lipinski definition) is 6. The van der Waals surface area contributed by atoms with Gasteiger partial charge in [-0.15, -0.1) is 11.3 Å². The molecule has 8 nitrogen and oxygen atoms in total. The maximum absolute atomic E-state index is 12.4. The maximum Gasteiger partial charge on any atom is 0.261 e. The minimum atomic E-state index is -0.324. The molecule has 0 aromatic carbocycles. The Bertz CT molecular complexity index is 1120. The van der Waals surface area contributed by atoms with Crippen LogP contribution in [0.25, 0.3) is 10.9 Å². The van der Waals surface area contributed by atoms with Crippen LogP contribution >= 0.6 is 11.3 Å². The summed E-state index contributed by atoms with van der Waals surface area (Å²) in [5.41, 5.74) is 0.225. The highest BCUT2D eigenvalue weighted by Crippen LogP contribution is 2.14. The second-order valence-corrected chi connectivity index (χ2v) is 6.60. The van der Waals surface area contributed by atoms with E-state index in [1.54, 1.807) is 34.3 Å². The van der Waals surface area contributed by atoms with Crippen molar-refractivity contribution in [3.8, 4) is 0 Å². The van der Waals surface area contributed by atoms with Crippen molar-refractivity contribution in [3.63, 3.8) is 0 Å². The van der Waals surface area contributed by atoms with Gasteiger partial charge in [0.25, 0.3) is 5.56 Å². The van der Waals surface area contributed by atoms with E-state index in [0.717, 1.165) is 4.88 Å². The van der Waals surface area contributed by atoms with Crippen molar-refractivity contribution >= 4 is 34.0 Å². The van der Waals surface area contributed by atoms with E-state index < -0.39 is 0 Å². The first-order valence-corrected chi connectivity index (χ1v) is 8.72. The zero-order chi connectivity index (χ0) is 17.9. The van der Waals surface area contributed by atoms with Crippen molar-refractivity contribution in [1.29, 1.82) is 0 Å². The molecule has 0 fully saturated rings. The molecule has 0 aliphatic carbocycles. The molecule has 0 saturated heterocycles. The topological polar surface area (TPSA) is 94.7 Å². The van der Waals surface area contributed by atoms with Crippen LogP contribution in [0.5, 0.6) is 0 Å². The molecule has 130 valence electrons. The van der Waals surface area contributed by atoms with Gasteiger partial charge in [-0.1, -0.05) is 6.07 Å². The van der Waals surface area contributed by atoms with Crippen LogP contribution in [0, 0.1) is 0 Å². The lowest BCUT2D eigenvalue weighted by atomic mass is 10.3. The number of anilines is 1. The van der Waals surface area contributed by atoms with Crippen LogP contribution in [0.1, 0.15) is 4.88 Å². The molecule has 4 aromatic heterocycles. The van der Waals surface area contributed by atoms with Gasteiger partial charge in [0.15, 0.2) is 0 Å². The van der Waals surface area contributed by atoms with Gasteiger partial charge in [-0.2, -0.15) is 5.10 Å². The van der Waals surface area contributed by atoms with E-state index in [1.807, 2.05) is 17.5 Å². The lowest BCUT2D eigenvalue weighted by Crippen LogP contribution is -2.28. The molecule has 0 spiro atoms. The Hall–Kier alpha value is -3.33. The first kappa shape index (κ1) is 16.2. The summed E-state index contributed by atoms with van der Waals surface area (Å²) in [5, 5.41) is 9.44. The van der Waals surface area contributed by atoms with Crippen LogP contribution in [-0.4, -0.2) is 30.2 Å². The quantitative estimate of drug-likeness (QED) is 0.580. The Morgan fingerprint density at radius 3 is 3.00 bits per heavy atom. The maximum atomic E-state index is 12.4. The molecule has 1 amide bonds. The normalized spacial score (nSPS) is 10.9. The summed E-state index contributed by atoms with van der Waals surface area (Å²) in [5.74, 6) is 0.254. The SMILES string of the molecule is O=C(Cn1cnc2cnccc2c1=O)Nc1ccnn1Cc1cccs1. The fourth-order valence-electron chi connectivity index (χ4n) is 2.57. The summed E-state index contributed by atoms with van der Waals surface area (Å²) in [6.45, 7) is 0.443. The van der Waals surface area contributed by atoms with E-state index in [9.17, 15) is 9.59 Å². The molecule has 4 aromatic rings. The van der Waals surface area contributed by atoms with Crippen molar-refractivity contribution in [1.82, 2.24) is 24.3 Å². The van der Waals surface area contributed by atoms with Gasteiger partial charge in [0.05, 0.1) is 36.2 Å². The number of pyridine rings is 1. The summed E-state index contributed by atoms with van der Waals surface area (Å²) in [4.78, 5) is 34.0. The van der Waals surface area contributed by atoms with Crippen LogP contribution in [0.2, 0.25) is 0 Å². The van der Waals surface area contributed by atoms with E-state index >= 15 is 0 Å². The third kappa shape index (κ3) is 3.24. The first-order chi connectivity index (χ1) is 12.7. The van der Waals surface area contributed by atoms with Gasteiger partial charge >= 0.3 is 0 Å². The highest BCUT2D eigenvalue weighted by atomic mass is 32.1. The smallest absolute Gasteiger partial charge is 0.261 e. The summed E-state index contributed by atoms with van der Waals surface area (Å²) in [7, 11) is 0. The number of fused-ring (bicyclic) bond motifs is 1. The molecule has 0 atom stereocenters. The molecule has 1 N–H and O–H groups in total. The number of amides is 1. The lowest BCUT2D eigenvalue weighted by molar-refractivity contribution is -0.116. The zero-order valence-corrected chi connectivity index (χ0v) is 14.4. The third-order valence-electron chi connectivity index (χ3n) is 3.81. The minimum Gasteiger partial charge on any atom is -0.309 e. The van der Waals surface area contributed by atoms with Gasteiger partial charge in [0, 0.05) is 17.1 Å². The van der Waals surface area contributed by atoms with E-state index in [0.29, 0.717) is 23.3 Å². The zero-order valence-electron chi connectivity index (χ0n) is 13.6. The molecule has 9 heteroatoms. The Labute approximate surface area is 151 Å². The van der Waals surface area contributed by atoms with Crippen molar-refractivity contribution in [2.45, 2.75) is 13.1 Å². The average Bonchev–Trinajstić information content (AvgIpc) is 3.31. The van der Waals surface area contributed by atoms with E-state index in [1.165, 1.54) is 23.3 Å². The third-order valence-corrected chi connectivity index (χ3v) is 4.67. The summed E-state index contributed by atoms with van der Waals surface area (Å²) in [6, 6.07) is 7.29. The Kier molecular flexibility index (Phi) is 4.28. The van der Waals surface area contributed by atoms with Crippen LogP contribution in [-0.2, 0) is 17.9 Å². The summed E-state index contributed by atoms with van der Waals surface area (Å²) in [6.07, 6.45) is 6.03. The Balaban J connectivity index is 1.51. The fraction of sp³-hybridized carbons (Fsp3) is 0.118. The molecule has 0 radical (unpaired) electrons. The first-order valence-electron chi connectivity index (χ1n) is 7.84. The fourth-order valence-corrected chi connectivity index (χ4v) is 3.26. The second kappa shape index (κ2) is 6.89. The molecule has 0 bridgehead atoms. The van der Waals surface area contributed by atoms with Gasteiger partial charge in [0.2, 0.25) is 5.91 Å². The molecule has 4 rings (SSSR count). The van der Waals surface area contributed by atoms with Crippen molar-refractivity contribution in [3.05, 3.63) is 69.8 Å². The van der Waals surface area contributed by atoms with Gasteiger partial charge in [-0.3, -0.25) is 19.1 Å². The summed E-state index contributed by atoms with van der Waals surface area (Å²) < 4.78 is 2.98. The van der Waals surface area contributed by atoms with E-state index in [4.69, 9.17) is 0 Å². The number of nitrogens with zero attached hydrogens (tertiary/aromatic N) is 5. The average molecular weight is 366 g/mol. The molecule has 0 saturated carbocycles. The van der Waals surface area contributed by atoms with Gasteiger partial charge < -0.3 is 5.32 Å². The van der Waals surface area contributed by atoms with Gasteiger partial charge in [-0.25, -0.2) is 9.67 Å². The largest absolute Gasteiger partial charge is 0.309 e. The Morgan fingerprint density at radius 2 is 2.15 bits per heavy atom. The molecule has 0 aliphatic heterocycles. The summed E-state index contributed by atoms with van der Waals surface area (Å²) >= 11 is 1.62. The number of aromatic nitrogens is 5. The standard InChI is InChI=1S/C17H14N6O2S/c24-16(10-22-11-19-14-8-18-5-3-13(14)17(22)25)21-15-4-6-20-23(15)9-12-2-1-7-26-12/h1-8,11H,9-10H2,(H,21,24). The number of nitrogens with one attached hydrogen (secondary N) is 1. The minimum absolute atomic E-state index is 0.131. The van der Waals surface area contributed by atoms with Crippen molar-refractivity contribution < 1.29 is 4.79 Å². The number of carbonyl (C=O) groups excluding carboxylic acids is 1. The predicted octanol–water partition coefficient (Wildman–Crippen LogP) is 1.74. The molecule has 0 unspecified atom stereocenters. The highest BCUT2D eigenvalue weighted by molar-refractivity contribution is 7.09. The number of hydrogen-bond donors (Lipinski definition) is 1. The molecule has 26 heavy (non-hydrogen) atoms. The number of carbonyl (C=O) groups is 1. The van der Waals surface area contributed by atoms with Gasteiger partial charge in [-0.05, 0) is 17.5 Å². The van der Waals surface area contributed by atoms with Crippen LogP contribution in [0.15, 0.2) is 59.4 Å². The molecule has 4 heterocycles. The number of thiophene rings is 1. The monoisotopic (exact) mass is 366 g/mol. The van der Waals surface area contributed by atoms with Crippen LogP contribution in [0.3, 0.4) is 0 Å². The van der Waals surface area contributed by atoms with E-state index in [-0.39, 0.29) is 18.0 Å². The van der Waals surface area contributed by atoms with Gasteiger partial charge in [0.1, 0.15) is 12.4 Å². The predicted molar refractivity (Wildman–Crippen MR) is 98.1 cm³/mol.